The van der Waals surface area contributed by atoms with Crippen LogP contribution in [0, 0.1) is 0 Å². The molecule has 2 rings (SSSR count). The van der Waals surface area contributed by atoms with Crippen LogP contribution in [0.25, 0.3) is 0 Å². The van der Waals surface area contributed by atoms with Gasteiger partial charge in [-0.2, -0.15) is 8.42 Å². The van der Waals surface area contributed by atoms with Crippen LogP contribution in [-0.2, 0) is 14.8 Å². The van der Waals surface area contributed by atoms with Crippen molar-refractivity contribution >= 4 is 21.8 Å². The van der Waals surface area contributed by atoms with Crippen LogP contribution >= 0.6 is 0 Å². The van der Waals surface area contributed by atoms with E-state index in [-0.39, 0.29) is 23.2 Å². The molecule has 0 saturated carbocycles. The van der Waals surface area contributed by atoms with E-state index in [9.17, 15) is 13.2 Å². The number of amidine groups is 1. The number of hydrogen-bond donors (Lipinski definition) is 2. The summed E-state index contributed by atoms with van der Waals surface area (Å²) in [5.41, 5.74) is 5.88. The first-order chi connectivity index (χ1) is 11.3. The molecule has 1 aromatic rings. The molecule has 0 aromatic heterocycles. The molecule has 132 valence electrons. The summed E-state index contributed by atoms with van der Waals surface area (Å²) in [6.45, 7) is 4.31. The van der Waals surface area contributed by atoms with E-state index in [4.69, 9.17) is 5.73 Å². The van der Waals surface area contributed by atoms with E-state index in [0.29, 0.717) is 12.1 Å². The van der Waals surface area contributed by atoms with Crippen molar-refractivity contribution in [2.24, 2.45) is 10.1 Å². The lowest BCUT2D eigenvalue weighted by molar-refractivity contribution is -0.123. The van der Waals surface area contributed by atoms with E-state index < -0.39 is 15.6 Å². The fourth-order valence-electron chi connectivity index (χ4n) is 2.76. The average Bonchev–Trinajstić information content (AvgIpc) is 2.85. The van der Waals surface area contributed by atoms with Gasteiger partial charge < -0.3 is 16.0 Å². The van der Waals surface area contributed by atoms with E-state index in [1.807, 2.05) is 13.8 Å². The highest BCUT2D eigenvalue weighted by atomic mass is 32.2. The zero-order chi connectivity index (χ0) is 18.0. The van der Waals surface area contributed by atoms with Crippen molar-refractivity contribution < 1.29 is 13.2 Å². The van der Waals surface area contributed by atoms with Crippen molar-refractivity contribution in [3.8, 4) is 0 Å². The minimum absolute atomic E-state index is 0.00440. The van der Waals surface area contributed by atoms with E-state index in [1.54, 1.807) is 30.1 Å². The van der Waals surface area contributed by atoms with Gasteiger partial charge in [0.1, 0.15) is 4.90 Å². The highest BCUT2D eigenvalue weighted by Crippen LogP contribution is 2.26. The van der Waals surface area contributed by atoms with Crippen LogP contribution in [0.2, 0.25) is 0 Å². The molecule has 0 atom stereocenters. The minimum Gasteiger partial charge on any atom is -0.349 e. The summed E-state index contributed by atoms with van der Waals surface area (Å²) in [7, 11) is -2.04. The van der Waals surface area contributed by atoms with Gasteiger partial charge in [0.25, 0.3) is 10.0 Å². The summed E-state index contributed by atoms with van der Waals surface area (Å²) in [6.07, 6.45) is 1.46. The number of nitrogens with zero attached hydrogens (tertiary/aromatic N) is 2. The number of nitrogens with two attached hydrogens (primary N) is 1. The van der Waals surface area contributed by atoms with E-state index in [2.05, 4.69) is 9.71 Å². The minimum atomic E-state index is -3.69. The first-order valence-corrected chi connectivity index (χ1v) is 9.39. The largest absolute Gasteiger partial charge is 0.349 e. The summed E-state index contributed by atoms with van der Waals surface area (Å²) in [5, 5.41) is 2.97. The molecule has 0 saturated heterocycles. The molecule has 0 spiro atoms. The second-order valence-corrected chi connectivity index (χ2v) is 7.55. The summed E-state index contributed by atoms with van der Waals surface area (Å²) in [5.74, 6) is 0.0724. The molecule has 0 bridgehead atoms. The van der Waals surface area contributed by atoms with Crippen molar-refractivity contribution in [2.75, 3.05) is 20.1 Å². The molecule has 0 fully saturated rings. The zero-order valence-corrected chi connectivity index (χ0v) is 15.1. The lowest BCUT2D eigenvalue weighted by Crippen LogP contribution is -2.55. The topological polar surface area (TPSA) is 105 Å². The number of rotatable bonds is 6. The summed E-state index contributed by atoms with van der Waals surface area (Å²) in [4.78, 5) is 14.1. The van der Waals surface area contributed by atoms with Crippen LogP contribution < -0.4 is 11.1 Å². The van der Waals surface area contributed by atoms with Crippen LogP contribution in [0.5, 0.6) is 0 Å². The standard InChI is InChI=1S/C16H24N4O3S/c1-4-16(5-2,11-17)18-14(21)10-20(3)15-12-8-6-7-9-13(12)24(22,23)19-15/h6-9H,4-5,10-11,17H2,1-3H3,(H,18,21). The van der Waals surface area contributed by atoms with Gasteiger partial charge in [0, 0.05) is 19.2 Å². The van der Waals surface area contributed by atoms with Crippen LogP contribution in [0.15, 0.2) is 33.6 Å². The van der Waals surface area contributed by atoms with Gasteiger partial charge >= 0.3 is 0 Å². The molecular formula is C16H24N4O3S. The fourth-order valence-corrected chi connectivity index (χ4v) is 4.01. The van der Waals surface area contributed by atoms with Crippen molar-refractivity contribution in [3.63, 3.8) is 0 Å². The molecule has 1 heterocycles. The van der Waals surface area contributed by atoms with E-state index >= 15 is 0 Å². The van der Waals surface area contributed by atoms with Gasteiger partial charge in [-0.05, 0) is 25.0 Å². The molecule has 3 N–H and O–H groups in total. The van der Waals surface area contributed by atoms with Crippen molar-refractivity contribution in [1.82, 2.24) is 10.2 Å². The molecule has 1 aromatic carbocycles. The van der Waals surface area contributed by atoms with Crippen LogP contribution in [0.3, 0.4) is 0 Å². The monoisotopic (exact) mass is 352 g/mol. The lowest BCUT2D eigenvalue weighted by Gasteiger charge is -2.32. The number of hydrogen-bond acceptors (Lipinski definition) is 5. The average molecular weight is 352 g/mol. The highest BCUT2D eigenvalue weighted by molar-refractivity contribution is 7.90. The normalized spacial score (nSPS) is 15.6. The summed E-state index contributed by atoms with van der Waals surface area (Å²) in [6, 6.07) is 6.61. The number of sulfonamides is 1. The molecule has 1 amide bonds. The molecule has 1 aliphatic rings. The molecule has 8 heteroatoms. The Balaban J connectivity index is 2.17. The molecule has 1 aliphatic heterocycles. The SMILES string of the molecule is CCC(CC)(CN)NC(=O)CN(C)C1=NS(=O)(=O)c2ccccc21. The highest BCUT2D eigenvalue weighted by Gasteiger charge is 2.32. The molecule has 0 unspecified atom stereocenters. The van der Waals surface area contributed by atoms with E-state index in [1.165, 1.54) is 6.07 Å². The zero-order valence-electron chi connectivity index (χ0n) is 14.2. The summed E-state index contributed by atoms with van der Waals surface area (Å²) < 4.78 is 28.0. The Morgan fingerprint density at radius 2 is 1.92 bits per heavy atom. The van der Waals surface area contributed by atoms with E-state index in [0.717, 1.165) is 12.8 Å². The third-order valence-corrected chi connectivity index (χ3v) is 5.83. The number of fused-ring (bicyclic) bond motifs is 1. The smallest absolute Gasteiger partial charge is 0.285 e. The van der Waals surface area contributed by atoms with Gasteiger partial charge in [-0.15, -0.1) is 4.40 Å². The summed E-state index contributed by atoms with van der Waals surface area (Å²) >= 11 is 0. The Labute approximate surface area is 143 Å². The van der Waals surface area contributed by atoms with Gasteiger partial charge in [-0.25, -0.2) is 0 Å². The number of carbonyl (C=O) groups excluding carboxylic acids is 1. The number of likely N-dealkylation sites (N-methyl/N-ethyl adjacent to an activating group) is 1. The first kappa shape index (κ1) is 18.4. The Morgan fingerprint density at radius 1 is 1.29 bits per heavy atom. The Kier molecular flexibility index (Phi) is 5.29. The predicted octanol–water partition coefficient (Wildman–Crippen LogP) is 0.701. The third kappa shape index (κ3) is 3.44. The molecular weight excluding hydrogens is 328 g/mol. The van der Waals surface area contributed by atoms with Gasteiger partial charge in [0.2, 0.25) is 5.91 Å². The van der Waals surface area contributed by atoms with Gasteiger partial charge in [0.15, 0.2) is 5.84 Å². The van der Waals surface area contributed by atoms with Crippen LogP contribution in [0.4, 0.5) is 0 Å². The maximum absolute atomic E-state index is 12.4. The van der Waals surface area contributed by atoms with Gasteiger partial charge in [-0.1, -0.05) is 26.0 Å². The van der Waals surface area contributed by atoms with Gasteiger partial charge in [0.05, 0.1) is 12.1 Å². The maximum atomic E-state index is 12.4. The number of amides is 1. The van der Waals surface area contributed by atoms with Crippen molar-refractivity contribution in [1.29, 1.82) is 0 Å². The first-order valence-electron chi connectivity index (χ1n) is 7.95. The van der Waals surface area contributed by atoms with Crippen LogP contribution in [-0.4, -0.2) is 50.7 Å². The molecule has 0 radical (unpaired) electrons. The van der Waals surface area contributed by atoms with Crippen molar-refractivity contribution in [2.45, 2.75) is 37.1 Å². The second-order valence-electron chi connectivity index (χ2n) is 5.98. The van der Waals surface area contributed by atoms with Gasteiger partial charge in [-0.3, -0.25) is 4.79 Å². The Bertz CT molecular complexity index is 746. The quantitative estimate of drug-likeness (QED) is 0.784. The second kappa shape index (κ2) is 6.90. The van der Waals surface area contributed by atoms with Crippen molar-refractivity contribution in [3.05, 3.63) is 29.8 Å². The maximum Gasteiger partial charge on any atom is 0.285 e. The lowest BCUT2D eigenvalue weighted by atomic mass is 9.93. The number of nitrogens with one attached hydrogen (secondary N) is 1. The predicted molar refractivity (Wildman–Crippen MR) is 93.3 cm³/mol. The third-order valence-electron chi connectivity index (χ3n) is 4.50. The Morgan fingerprint density at radius 3 is 2.50 bits per heavy atom. The molecule has 0 aliphatic carbocycles. The van der Waals surface area contributed by atoms with Crippen LogP contribution in [0.1, 0.15) is 32.3 Å². The molecule has 7 nitrogen and oxygen atoms in total. The number of carbonyl (C=O) groups is 1. The Hall–Kier alpha value is -1.93. The fraction of sp³-hybridized carbons (Fsp3) is 0.500. The number of benzene rings is 1. The molecule has 24 heavy (non-hydrogen) atoms.